The number of thiophene rings is 1. The highest BCUT2D eigenvalue weighted by molar-refractivity contribution is 7.80. The third-order valence-electron chi connectivity index (χ3n) is 2.03. The van der Waals surface area contributed by atoms with Crippen molar-refractivity contribution in [2.24, 2.45) is 0 Å². The van der Waals surface area contributed by atoms with Crippen molar-refractivity contribution in [3.05, 3.63) is 21.9 Å². The zero-order valence-electron chi connectivity index (χ0n) is 7.83. The highest BCUT2D eigenvalue weighted by atomic mass is 32.1. The summed E-state index contributed by atoms with van der Waals surface area (Å²) in [5.74, 6) is -0.659. The largest absolute Gasteiger partial charge is 0.478 e. The Labute approximate surface area is 96.6 Å². The Morgan fingerprint density at radius 3 is 2.67 bits per heavy atom. The third-order valence-corrected chi connectivity index (χ3v) is 3.05. The normalized spacial score (nSPS) is 14.9. The molecule has 3 N–H and O–H groups in total. The fraction of sp³-hybridized carbons (Fsp3) is 0.444. The van der Waals surface area contributed by atoms with Gasteiger partial charge in [-0.2, -0.15) is 24.0 Å². The zero-order valence-corrected chi connectivity index (χ0v) is 9.54. The van der Waals surface area contributed by atoms with E-state index in [1.54, 1.807) is 0 Å². The molecule has 2 unspecified atom stereocenters. The summed E-state index contributed by atoms with van der Waals surface area (Å²) >= 11 is 5.12. The van der Waals surface area contributed by atoms with Crippen LogP contribution in [-0.4, -0.2) is 33.1 Å². The Kier molecular flexibility index (Phi) is 4.59. The van der Waals surface area contributed by atoms with E-state index in [2.05, 4.69) is 12.6 Å². The van der Waals surface area contributed by atoms with E-state index in [4.69, 9.17) is 5.11 Å². The van der Waals surface area contributed by atoms with Gasteiger partial charge in [0.1, 0.15) is 6.10 Å². The van der Waals surface area contributed by atoms with E-state index in [0.29, 0.717) is 12.2 Å². The molecule has 0 saturated carbocycles. The number of carboxylic acids is 1. The van der Waals surface area contributed by atoms with Crippen molar-refractivity contribution in [2.75, 3.05) is 5.75 Å². The van der Waals surface area contributed by atoms with E-state index in [0.717, 1.165) is 0 Å². The van der Waals surface area contributed by atoms with Gasteiger partial charge in [-0.05, 0) is 17.6 Å². The lowest BCUT2D eigenvalue weighted by Gasteiger charge is -2.16. The molecule has 84 valence electrons. The summed E-state index contributed by atoms with van der Waals surface area (Å²) in [6, 6.07) is 0. The standard InChI is InChI=1S/C9H12O4S2/c10-7(1-2-14)8(11)5-3-15-4-6(5)9(12)13/h3-4,7-8,10-11,14H,1-2H2,(H,12,13). The summed E-state index contributed by atoms with van der Waals surface area (Å²) in [7, 11) is 0. The monoisotopic (exact) mass is 248 g/mol. The lowest BCUT2D eigenvalue weighted by atomic mass is 10.0. The molecule has 15 heavy (non-hydrogen) atoms. The van der Waals surface area contributed by atoms with Crippen molar-refractivity contribution in [3.8, 4) is 0 Å². The quantitative estimate of drug-likeness (QED) is 0.590. The van der Waals surface area contributed by atoms with Gasteiger partial charge in [-0.1, -0.05) is 0 Å². The van der Waals surface area contributed by atoms with E-state index in [9.17, 15) is 15.0 Å². The second-order valence-corrected chi connectivity index (χ2v) is 4.26. The lowest BCUT2D eigenvalue weighted by molar-refractivity contribution is 0.0165. The van der Waals surface area contributed by atoms with Crippen LogP contribution in [-0.2, 0) is 0 Å². The van der Waals surface area contributed by atoms with Crippen LogP contribution in [0.4, 0.5) is 0 Å². The smallest absolute Gasteiger partial charge is 0.336 e. The molecule has 1 heterocycles. The molecule has 1 rings (SSSR count). The van der Waals surface area contributed by atoms with E-state index in [-0.39, 0.29) is 11.1 Å². The second-order valence-electron chi connectivity index (χ2n) is 3.07. The second kappa shape index (κ2) is 5.50. The van der Waals surface area contributed by atoms with Gasteiger partial charge >= 0.3 is 5.97 Å². The van der Waals surface area contributed by atoms with Crippen molar-refractivity contribution in [1.82, 2.24) is 0 Å². The van der Waals surface area contributed by atoms with Gasteiger partial charge in [0.15, 0.2) is 0 Å². The van der Waals surface area contributed by atoms with Gasteiger partial charge in [0.25, 0.3) is 0 Å². The third kappa shape index (κ3) is 2.94. The molecule has 1 aromatic rings. The molecule has 0 spiro atoms. The number of aliphatic hydroxyl groups is 2. The fourth-order valence-electron chi connectivity index (χ4n) is 1.21. The first-order chi connectivity index (χ1) is 7.07. The van der Waals surface area contributed by atoms with Crippen molar-refractivity contribution in [1.29, 1.82) is 0 Å². The summed E-state index contributed by atoms with van der Waals surface area (Å²) in [4.78, 5) is 10.8. The van der Waals surface area contributed by atoms with Gasteiger partial charge in [0.05, 0.1) is 11.7 Å². The van der Waals surface area contributed by atoms with Crippen LogP contribution in [0.25, 0.3) is 0 Å². The highest BCUT2D eigenvalue weighted by Gasteiger charge is 2.23. The van der Waals surface area contributed by atoms with Gasteiger partial charge in [-0.25, -0.2) is 4.79 Å². The first kappa shape index (κ1) is 12.5. The topological polar surface area (TPSA) is 77.8 Å². The molecular weight excluding hydrogens is 236 g/mol. The summed E-state index contributed by atoms with van der Waals surface area (Å²) in [5, 5.41) is 31.0. The molecule has 0 aliphatic heterocycles. The molecule has 0 aliphatic rings. The molecule has 0 saturated heterocycles. The first-order valence-corrected chi connectivity index (χ1v) is 5.91. The van der Waals surface area contributed by atoms with Crippen molar-refractivity contribution >= 4 is 29.9 Å². The number of carboxylic acid groups (broad SMARTS) is 1. The Bertz CT molecular complexity index is 337. The Morgan fingerprint density at radius 1 is 1.47 bits per heavy atom. The number of hydrogen-bond acceptors (Lipinski definition) is 5. The number of aliphatic hydroxyl groups excluding tert-OH is 2. The SMILES string of the molecule is O=C(O)c1cscc1C(O)C(O)CCS. The number of thiol groups is 1. The molecule has 0 bridgehead atoms. The number of rotatable bonds is 5. The van der Waals surface area contributed by atoms with Crippen LogP contribution in [0.2, 0.25) is 0 Å². The maximum Gasteiger partial charge on any atom is 0.336 e. The minimum absolute atomic E-state index is 0.0470. The Balaban J connectivity index is 2.85. The molecule has 1 aromatic heterocycles. The molecule has 0 amide bonds. The lowest BCUT2D eigenvalue weighted by Crippen LogP contribution is -2.20. The average molecular weight is 248 g/mol. The van der Waals surface area contributed by atoms with Gasteiger partial charge in [0.2, 0.25) is 0 Å². The molecule has 6 heteroatoms. The zero-order chi connectivity index (χ0) is 11.4. The number of aromatic carboxylic acids is 1. The first-order valence-electron chi connectivity index (χ1n) is 4.34. The number of hydrogen-bond donors (Lipinski definition) is 4. The van der Waals surface area contributed by atoms with Crippen LogP contribution in [0.3, 0.4) is 0 Å². The van der Waals surface area contributed by atoms with Gasteiger partial charge in [0, 0.05) is 10.9 Å². The van der Waals surface area contributed by atoms with Crippen LogP contribution in [0, 0.1) is 0 Å². The van der Waals surface area contributed by atoms with E-state index < -0.39 is 18.2 Å². The van der Waals surface area contributed by atoms with E-state index in [1.807, 2.05) is 0 Å². The minimum Gasteiger partial charge on any atom is -0.478 e. The van der Waals surface area contributed by atoms with Crippen molar-refractivity contribution < 1.29 is 20.1 Å². The van der Waals surface area contributed by atoms with Gasteiger partial charge < -0.3 is 15.3 Å². The van der Waals surface area contributed by atoms with Crippen LogP contribution in [0.15, 0.2) is 10.8 Å². The maximum absolute atomic E-state index is 10.8. The van der Waals surface area contributed by atoms with E-state index in [1.165, 1.54) is 22.1 Å². The molecule has 4 nitrogen and oxygen atoms in total. The van der Waals surface area contributed by atoms with Gasteiger partial charge in [-0.3, -0.25) is 0 Å². The predicted octanol–water partition coefficient (Wildman–Crippen LogP) is 1.16. The minimum atomic E-state index is -1.16. The molecule has 2 atom stereocenters. The summed E-state index contributed by atoms with van der Waals surface area (Å²) < 4.78 is 0. The predicted molar refractivity (Wildman–Crippen MR) is 60.7 cm³/mol. The van der Waals surface area contributed by atoms with Crippen molar-refractivity contribution in [3.63, 3.8) is 0 Å². The van der Waals surface area contributed by atoms with Crippen LogP contribution in [0.1, 0.15) is 28.4 Å². The average Bonchev–Trinajstić information content (AvgIpc) is 2.65. The maximum atomic E-state index is 10.8. The van der Waals surface area contributed by atoms with Crippen molar-refractivity contribution in [2.45, 2.75) is 18.6 Å². The highest BCUT2D eigenvalue weighted by Crippen LogP contribution is 2.26. The molecule has 0 fully saturated rings. The summed E-state index contributed by atoms with van der Waals surface area (Å²) in [5.41, 5.74) is 0.312. The molecule has 0 aromatic carbocycles. The van der Waals surface area contributed by atoms with Crippen LogP contribution < -0.4 is 0 Å². The Morgan fingerprint density at radius 2 is 2.13 bits per heavy atom. The Hall–Kier alpha value is -0.560. The molecule has 0 aliphatic carbocycles. The van der Waals surface area contributed by atoms with Gasteiger partial charge in [-0.15, -0.1) is 0 Å². The molecule has 0 radical (unpaired) electrons. The van der Waals surface area contributed by atoms with E-state index >= 15 is 0 Å². The fourth-order valence-corrected chi connectivity index (χ4v) is 2.33. The van der Waals surface area contributed by atoms with Crippen LogP contribution >= 0.6 is 24.0 Å². The molecular formula is C9H12O4S2. The summed E-state index contributed by atoms with van der Waals surface area (Å²) in [6.07, 6.45) is -1.82. The number of carbonyl (C=O) groups is 1. The van der Waals surface area contributed by atoms with Crippen LogP contribution in [0.5, 0.6) is 0 Å². The summed E-state index contributed by atoms with van der Waals surface area (Å²) in [6.45, 7) is 0.